The van der Waals surface area contributed by atoms with E-state index in [0.717, 1.165) is 6.29 Å². The number of carbonyl (C=O) groups is 2. The molecule has 0 bridgehead atoms. The van der Waals surface area contributed by atoms with Gasteiger partial charge in [0.05, 0.1) is 13.2 Å². The normalized spacial score (nSPS) is 15.1. The second-order valence-electron chi connectivity index (χ2n) is 2.91. The van der Waals surface area contributed by atoms with E-state index in [1.165, 1.54) is 0 Å². The van der Waals surface area contributed by atoms with E-state index in [0.29, 0.717) is 26.2 Å². The smallest absolute Gasteiger partial charge is 0.219 e. The van der Waals surface area contributed by atoms with Crippen molar-refractivity contribution >= 4 is 12.2 Å². The van der Waals surface area contributed by atoms with Gasteiger partial charge in [0, 0.05) is 25.4 Å². The molecule has 5 nitrogen and oxygen atoms in total. The van der Waals surface area contributed by atoms with Crippen LogP contribution in [0.5, 0.6) is 0 Å². The summed E-state index contributed by atoms with van der Waals surface area (Å²) in [4.78, 5) is 24.4. The second kappa shape index (κ2) is 4.49. The molecule has 72 valence electrons. The maximum absolute atomic E-state index is 10.5. The van der Waals surface area contributed by atoms with E-state index in [4.69, 9.17) is 5.73 Å². The summed E-state index contributed by atoms with van der Waals surface area (Å²) in [5.41, 5.74) is 5.00. The van der Waals surface area contributed by atoms with Crippen LogP contribution >= 0.6 is 0 Å². The number of nitrogens with two attached hydrogens (primary N) is 1. The maximum Gasteiger partial charge on any atom is 0.219 e. The number of amides is 1. The van der Waals surface area contributed by atoms with E-state index >= 15 is 0 Å². The van der Waals surface area contributed by atoms with Gasteiger partial charge in [-0.25, -0.2) is 0 Å². The minimum Gasteiger partial charge on any atom is -0.370 e. The van der Waals surface area contributed by atoms with E-state index in [9.17, 15) is 9.59 Å². The minimum absolute atomic E-state index is 0.303. The zero-order chi connectivity index (χ0) is 9.68. The van der Waals surface area contributed by atoms with Gasteiger partial charge in [-0.15, -0.1) is 0 Å². The maximum atomic E-state index is 10.5. The Hall–Kier alpha value is -1.52. The fraction of sp³-hybridized carbons (Fsp3) is 0.500. The third-order valence-corrected chi connectivity index (χ3v) is 1.81. The molecular formula is C8H13N3O2. The van der Waals surface area contributed by atoms with E-state index in [-0.39, 0.29) is 5.91 Å². The van der Waals surface area contributed by atoms with Crippen molar-refractivity contribution in [1.29, 1.82) is 0 Å². The topological polar surface area (TPSA) is 66.6 Å². The van der Waals surface area contributed by atoms with E-state index in [1.807, 2.05) is 22.2 Å². The molecule has 0 aromatic rings. The summed E-state index contributed by atoms with van der Waals surface area (Å²) in [5, 5.41) is 0. The molecule has 0 atom stereocenters. The molecule has 1 aliphatic heterocycles. The van der Waals surface area contributed by atoms with Crippen LogP contribution in [0.15, 0.2) is 12.4 Å². The molecule has 0 aliphatic carbocycles. The molecule has 0 fully saturated rings. The van der Waals surface area contributed by atoms with Gasteiger partial charge in [0.25, 0.3) is 0 Å². The number of aldehydes is 1. The Labute approximate surface area is 76.8 Å². The molecule has 1 amide bonds. The van der Waals surface area contributed by atoms with Crippen molar-refractivity contribution in [2.75, 3.05) is 19.8 Å². The first-order valence-corrected chi connectivity index (χ1v) is 4.10. The summed E-state index contributed by atoms with van der Waals surface area (Å²) in [5.74, 6) is -0.303. The van der Waals surface area contributed by atoms with Crippen LogP contribution < -0.4 is 5.73 Å². The van der Waals surface area contributed by atoms with Crippen LogP contribution in [0.2, 0.25) is 0 Å². The highest BCUT2D eigenvalue weighted by Crippen LogP contribution is 2.05. The Bertz CT molecular complexity index is 227. The lowest BCUT2D eigenvalue weighted by molar-refractivity contribution is -0.118. The number of hydrogen-bond donors (Lipinski definition) is 1. The molecule has 0 unspecified atom stereocenters. The van der Waals surface area contributed by atoms with Gasteiger partial charge in [0.1, 0.15) is 6.29 Å². The molecule has 2 N–H and O–H groups in total. The van der Waals surface area contributed by atoms with Crippen LogP contribution in [0.25, 0.3) is 0 Å². The summed E-state index contributed by atoms with van der Waals surface area (Å²) in [6.45, 7) is 1.66. The van der Waals surface area contributed by atoms with Crippen molar-refractivity contribution in [1.82, 2.24) is 9.80 Å². The van der Waals surface area contributed by atoms with Gasteiger partial charge in [-0.05, 0) is 0 Å². The third-order valence-electron chi connectivity index (χ3n) is 1.81. The first-order chi connectivity index (χ1) is 6.22. The summed E-state index contributed by atoms with van der Waals surface area (Å²) < 4.78 is 0. The van der Waals surface area contributed by atoms with Gasteiger partial charge in [-0.3, -0.25) is 4.79 Å². The highest BCUT2D eigenvalue weighted by atomic mass is 16.1. The molecule has 5 heteroatoms. The fourth-order valence-electron chi connectivity index (χ4n) is 1.13. The van der Waals surface area contributed by atoms with Gasteiger partial charge in [0.15, 0.2) is 0 Å². The Kier molecular flexibility index (Phi) is 3.31. The Morgan fingerprint density at radius 2 is 2.15 bits per heavy atom. The molecule has 1 aliphatic rings. The molecule has 1 heterocycles. The Morgan fingerprint density at radius 1 is 1.46 bits per heavy atom. The van der Waals surface area contributed by atoms with E-state index in [1.54, 1.807) is 0 Å². The first kappa shape index (κ1) is 9.57. The highest BCUT2D eigenvalue weighted by Gasteiger charge is 2.11. The molecule has 1 rings (SSSR count). The third kappa shape index (κ3) is 3.14. The predicted molar refractivity (Wildman–Crippen MR) is 47.3 cm³/mol. The van der Waals surface area contributed by atoms with Crippen molar-refractivity contribution < 1.29 is 9.59 Å². The number of hydrogen-bond acceptors (Lipinski definition) is 4. The van der Waals surface area contributed by atoms with Gasteiger partial charge in [-0.1, -0.05) is 0 Å². The summed E-state index contributed by atoms with van der Waals surface area (Å²) in [6, 6.07) is 0. The van der Waals surface area contributed by atoms with E-state index in [2.05, 4.69) is 0 Å². The molecule has 0 aromatic heterocycles. The van der Waals surface area contributed by atoms with Gasteiger partial charge in [-0.2, -0.15) is 0 Å². The lowest BCUT2D eigenvalue weighted by Gasteiger charge is -2.18. The molecule has 0 saturated heterocycles. The Balaban J connectivity index is 2.22. The summed E-state index contributed by atoms with van der Waals surface area (Å²) >= 11 is 0. The van der Waals surface area contributed by atoms with Crippen molar-refractivity contribution in [3.05, 3.63) is 12.4 Å². The average molecular weight is 183 g/mol. The fourth-order valence-corrected chi connectivity index (χ4v) is 1.13. The molecule has 0 aromatic carbocycles. The summed E-state index contributed by atoms with van der Waals surface area (Å²) in [7, 11) is 0. The van der Waals surface area contributed by atoms with Crippen LogP contribution in [0.3, 0.4) is 0 Å². The van der Waals surface area contributed by atoms with Crippen molar-refractivity contribution in [2.45, 2.75) is 6.42 Å². The van der Waals surface area contributed by atoms with Crippen LogP contribution in [0, 0.1) is 0 Å². The van der Waals surface area contributed by atoms with E-state index < -0.39 is 0 Å². The second-order valence-corrected chi connectivity index (χ2v) is 2.91. The van der Waals surface area contributed by atoms with Crippen LogP contribution in [-0.4, -0.2) is 41.8 Å². The SMILES string of the molecule is NC(=O)CCN1C=CN(CC=O)C1. The van der Waals surface area contributed by atoms with Gasteiger partial charge >= 0.3 is 0 Å². The van der Waals surface area contributed by atoms with Crippen LogP contribution in [-0.2, 0) is 9.59 Å². The zero-order valence-electron chi connectivity index (χ0n) is 7.35. The highest BCUT2D eigenvalue weighted by molar-refractivity contribution is 5.73. The molecular weight excluding hydrogens is 170 g/mol. The number of carbonyl (C=O) groups excluding carboxylic acids is 2. The van der Waals surface area contributed by atoms with Crippen molar-refractivity contribution in [3.63, 3.8) is 0 Å². The standard InChI is InChI=1S/C8H13N3O2/c9-8(13)1-2-10-3-4-11(7-10)5-6-12/h3-4,6H,1-2,5,7H2,(H2,9,13). The van der Waals surface area contributed by atoms with Crippen molar-refractivity contribution in [3.8, 4) is 0 Å². The largest absolute Gasteiger partial charge is 0.370 e. The van der Waals surface area contributed by atoms with Gasteiger partial charge < -0.3 is 20.3 Å². The number of rotatable bonds is 5. The summed E-state index contributed by atoms with van der Waals surface area (Å²) in [6.07, 6.45) is 4.88. The lowest BCUT2D eigenvalue weighted by Crippen LogP contribution is -2.29. The molecule has 13 heavy (non-hydrogen) atoms. The number of nitrogens with zero attached hydrogens (tertiary/aromatic N) is 2. The molecule has 0 saturated carbocycles. The molecule has 0 spiro atoms. The van der Waals surface area contributed by atoms with Crippen molar-refractivity contribution in [2.24, 2.45) is 5.73 Å². The quantitative estimate of drug-likeness (QED) is 0.561. The average Bonchev–Trinajstić information content (AvgIpc) is 2.50. The number of primary amides is 1. The first-order valence-electron chi connectivity index (χ1n) is 4.10. The minimum atomic E-state index is -0.303. The van der Waals surface area contributed by atoms with Gasteiger partial charge in [0.2, 0.25) is 5.91 Å². The van der Waals surface area contributed by atoms with Crippen LogP contribution in [0.1, 0.15) is 6.42 Å². The zero-order valence-corrected chi connectivity index (χ0v) is 7.35. The van der Waals surface area contributed by atoms with Crippen LogP contribution in [0.4, 0.5) is 0 Å². The Morgan fingerprint density at radius 3 is 2.77 bits per heavy atom. The lowest BCUT2D eigenvalue weighted by atomic mass is 10.4. The predicted octanol–water partition coefficient (Wildman–Crippen LogP) is -0.893. The molecule has 0 radical (unpaired) electrons. The monoisotopic (exact) mass is 183 g/mol.